The van der Waals surface area contributed by atoms with E-state index in [1.807, 2.05) is 0 Å². The normalized spacial score (nSPS) is 28.1. The van der Waals surface area contributed by atoms with E-state index in [9.17, 15) is 0 Å². The molecule has 0 aromatic heterocycles. The molecule has 2 atom stereocenters. The summed E-state index contributed by atoms with van der Waals surface area (Å²) in [5, 5.41) is 0. The molecule has 0 amide bonds. The van der Waals surface area contributed by atoms with Gasteiger partial charge in [0.15, 0.2) is 0 Å². The van der Waals surface area contributed by atoms with Crippen molar-refractivity contribution in [2.75, 3.05) is 0 Å². The van der Waals surface area contributed by atoms with Crippen molar-refractivity contribution < 1.29 is 0 Å². The number of nitrogens with zero attached hydrogens (tertiary/aromatic N) is 2. The third-order valence-electron chi connectivity index (χ3n) is 4.36. The van der Waals surface area contributed by atoms with Crippen molar-refractivity contribution in [1.29, 1.82) is 0 Å². The Kier molecular flexibility index (Phi) is 1.67. The van der Waals surface area contributed by atoms with Crippen molar-refractivity contribution in [1.82, 2.24) is 4.90 Å². The standard InChI is InChI=1S/C15H16N2/c1-9-3-4-10(2)14-13(9)8-17-12-6-5-11(7-12)15(17)16-14/h3-6,11-12H,7-8H2,1-2H3. The van der Waals surface area contributed by atoms with Crippen molar-refractivity contribution in [3.63, 3.8) is 0 Å². The van der Waals surface area contributed by atoms with Gasteiger partial charge in [-0.25, -0.2) is 4.99 Å². The summed E-state index contributed by atoms with van der Waals surface area (Å²) >= 11 is 0. The van der Waals surface area contributed by atoms with Gasteiger partial charge in [-0.1, -0.05) is 24.3 Å². The summed E-state index contributed by atoms with van der Waals surface area (Å²) in [5.74, 6) is 1.88. The number of aryl methyl sites for hydroxylation is 2. The van der Waals surface area contributed by atoms with Crippen LogP contribution in [0.5, 0.6) is 0 Å². The monoisotopic (exact) mass is 224 g/mol. The van der Waals surface area contributed by atoms with Gasteiger partial charge >= 0.3 is 0 Å². The smallest absolute Gasteiger partial charge is 0.113 e. The molecule has 0 saturated carbocycles. The summed E-state index contributed by atoms with van der Waals surface area (Å²) < 4.78 is 0. The first-order valence-electron chi connectivity index (χ1n) is 6.36. The van der Waals surface area contributed by atoms with Gasteiger partial charge in [-0.15, -0.1) is 0 Å². The third-order valence-corrected chi connectivity index (χ3v) is 4.36. The molecule has 86 valence electrons. The highest BCUT2D eigenvalue weighted by Crippen LogP contribution is 2.42. The molecule has 2 bridgehead atoms. The molecule has 1 aromatic carbocycles. The van der Waals surface area contributed by atoms with Gasteiger partial charge in [0.1, 0.15) is 5.84 Å². The lowest BCUT2D eigenvalue weighted by atomic mass is 9.99. The third kappa shape index (κ3) is 1.13. The Labute approximate surface area is 102 Å². The zero-order valence-corrected chi connectivity index (χ0v) is 10.3. The van der Waals surface area contributed by atoms with Crippen LogP contribution < -0.4 is 0 Å². The molecular formula is C15H16N2. The molecule has 0 N–H and O–H groups in total. The maximum atomic E-state index is 4.94. The first-order valence-corrected chi connectivity index (χ1v) is 6.36. The van der Waals surface area contributed by atoms with Gasteiger partial charge in [-0.3, -0.25) is 0 Å². The summed E-state index contributed by atoms with van der Waals surface area (Å²) in [7, 11) is 0. The molecule has 2 nitrogen and oxygen atoms in total. The molecule has 0 spiro atoms. The van der Waals surface area contributed by atoms with Crippen molar-refractivity contribution in [2.45, 2.75) is 32.9 Å². The molecule has 2 heterocycles. The fraction of sp³-hybridized carbons (Fsp3) is 0.400. The van der Waals surface area contributed by atoms with E-state index in [1.54, 1.807) is 0 Å². The average molecular weight is 224 g/mol. The quantitative estimate of drug-likeness (QED) is 0.618. The maximum Gasteiger partial charge on any atom is 0.113 e. The van der Waals surface area contributed by atoms with Gasteiger partial charge in [0.25, 0.3) is 0 Å². The van der Waals surface area contributed by atoms with Crippen molar-refractivity contribution in [3.8, 4) is 0 Å². The summed E-state index contributed by atoms with van der Waals surface area (Å²) in [6, 6.07) is 5.02. The van der Waals surface area contributed by atoms with Gasteiger partial charge in [0, 0.05) is 24.1 Å². The molecule has 1 saturated heterocycles. The van der Waals surface area contributed by atoms with Crippen LogP contribution in [0.2, 0.25) is 0 Å². The van der Waals surface area contributed by atoms with Crippen LogP contribution in [0.25, 0.3) is 0 Å². The highest BCUT2D eigenvalue weighted by molar-refractivity contribution is 5.94. The van der Waals surface area contributed by atoms with Crippen LogP contribution in [-0.2, 0) is 6.54 Å². The predicted octanol–water partition coefficient (Wildman–Crippen LogP) is 3.11. The lowest BCUT2D eigenvalue weighted by Gasteiger charge is -2.32. The van der Waals surface area contributed by atoms with Gasteiger partial charge in [0.05, 0.1) is 5.69 Å². The Bertz CT molecular complexity index is 569. The minimum Gasteiger partial charge on any atom is -0.349 e. The maximum absolute atomic E-state index is 4.94. The first kappa shape index (κ1) is 9.46. The average Bonchev–Trinajstić information content (AvgIpc) is 2.94. The molecule has 1 aliphatic carbocycles. The number of hydrogen-bond acceptors (Lipinski definition) is 2. The van der Waals surface area contributed by atoms with Crippen LogP contribution in [0, 0.1) is 19.8 Å². The van der Waals surface area contributed by atoms with E-state index in [2.05, 4.69) is 43.0 Å². The molecular weight excluding hydrogens is 208 g/mol. The zero-order chi connectivity index (χ0) is 11.6. The SMILES string of the molecule is Cc1ccc(C)c2c1CN1C(=N2)C2C=CC1C2. The van der Waals surface area contributed by atoms with Gasteiger partial charge in [-0.05, 0) is 31.4 Å². The van der Waals surface area contributed by atoms with Crippen molar-refractivity contribution in [2.24, 2.45) is 10.9 Å². The Balaban J connectivity index is 1.93. The Hall–Kier alpha value is -1.57. The van der Waals surface area contributed by atoms with Crippen LogP contribution in [0.15, 0.2) is 29.3 Å². The fourth-order valence-corrected chi connectivity index (χ4v) is 3.32. The Morgan fingerprint density at radius 1 is 1.18 bits per heavy atom. The van der Waals surface area contributed by atoms with E-state index in [0.29, 0.717) is 12.0 Å². The van der Waals surface area contributed by atoms with Gasteiger partial charge < -0.3 is 4.90 Å². The molecule has 1 fully saturated rings. The topological polar surface area (TPSA) is 15.6 Å². The van der Waals surface area contributed by atoms with E-state index in [-0.39, 0.29) is 0 Å². The second-order valence-corrected chi connectivity index (χ2v) is 5.42. The number of amidine groups is 1. The number of aliphatic imine (C=N–C) groups is 1. The number of hydrogen-bond donors (Lipinski definition) is 0. The van der Waals surface area contributed by atoms with E-state index in [4.69, 9.17) is 4.99 Å². The Morgan fingerprint density at radius 2 is 2.00 bits per heavy atom. The van der Waals surface area contributed by atoms with Crippen LogP contribution in [0.4, 0.5) is 5.69 Å². The summed E-state index contributed by atoms with van der Waals surface area (Å²) in [4.78, 5) is 7.43. The summed E-state index contributed by atoms with van der Waals surface area (Å²) in [6.45, 7) is 5.41. The van der Waals surface area contributed by atoms with E-state index >= 15 is 0 Å². The van der Waals surface area contributed by atoms with Crippen molar-refractivity contribution >= 4 is 11.5 Å². The number of rotatable bonds is 0. The fourth-order valence-electron chi connectivity index (χ4n) is 3.32. The van der Waals surface area contributed by atoms with E-state index in [1.165, 1.54) is 34.6 Å². The molecule has 17 heavy (non-hydrogen) atoms. The largest absolute Gasteiger partial charge is 0.349 e. The molecule has 2 aliphatic heterocycles. The Morgan fingerprint density at radius 3 is 2.88 bits per heavy atom. The zero-order valence-electron chi connectivity index (χ0n) is 10.3. The molecule has 4 rings (SSSR count). The molecule has 2 heteroatoms. The summed E-state index contributed by atoms with van der Waals surface area (Å²) in [6.07, 6.45) is 5.92. The number of benzene rings is 1. The van der Waals surface area contributed by atoms with Crippen LogP contribution in [0.1, 0.15) is 23.1 Å². The van der Waals surface area contributed by atoms with Crippen LogP contribution in [-0.4, -0.2) is 16.8 Å². The number of fused-ring (bicyclic) bond motifs is 6. The van der Waals surface area contributed by atoms with E-state index < -0.39 is 0 Å². The highest BCUT2D eigenvalue weighted by atomic mass is 15.3. The summed E-state index contributed by atoms with van der Waals surface area (Å²) in [5.41, 5.74) is 5.34. The molecule has 0 radical (unpaired) electrons. The second-order valence-electron chi connectivity index (χ2n) is 5.42. The minimum atomic E-state index is 0.577. The molecule has 3 aliphatic rings. The predicted molar refractivity (Wildman–Crippen MR) is 69.6 cm³/mol. The second kappa shape index (κ2) is 3.00. The highest BCUT2D eigenvalue weighted by Gasteiger charge is 2.41. The van der Waals surface area contributed by atoms with Crippen LogP contribution >= 0.6 is 0 Å². The van der Waals surface area contributed by atoms with Crippen molar-refractivity contribution in [3.05, 3.63) is 41.0 Å². The van der Waals surface area contributed by atoms with Crippen LogP contribution in [0.3, 0.4) is 0 Å². The lowest BCUT2D eigenvalue weighted by Crippen LogP contribution is -2.36. The first-order chi connectivity index (χ1) is 8.24. The van der Waals surface area contributed by atoms with Gasteiger partial charge in [0.2, 0.25) is 0 Å². The van der Waals surface area contributed by atoms with Gasteiger partial charge in [-0.2, -0.15) is 0 Å². The lowest BCUT2D eigenvalue weighted by molar-refractivity contribution is 0.377. The molecule has 1 aromatic rings. The van der Waals surface area contributed by atoms with E-state index in [0.717, 1.165) is 6.54 Å². The molecule has 2 unspecified atom stereocenters. The minimum absolute atomic E-state index is 0.577.